The summed E-state index contributed by atoms with van der Waals surface area (Å²) >= 11 is 0. The Bertz CT molecular complexity index is 1470. The minimum atomic E-state index is -4.38. The Morgan fingerprint density at radius 2 is 1.64 bits per heavy atom. The molecule has 1 saturated heterocycles. The van der Waals surface area contributed by atoms with Gasteiger partial charge in [-0.3, -0.25) is 4.79 Å². The van der Waals surface area contributed by atoms with Crippen LogP contribution in [0.2, 0.25) is 0 Å². The lowest BCUT2D eigenvalue weighted by atomic mass is 10.1. The number of nitrogens with one attached hydrogen (secondary N) is 1. The lowest BCUT2D eigenvalue weighted by molar-refractivity contribution is -0.137. The van der Waals surface area contributed by atoms with Gasteiger partial charge in [0.15, 0.2) is 0 Å². The predicted octanol–water partition coefficient (Wildman–Crippen LogP) is 5.91. The summed E-state index contributed by atoms with van der Waals surface area (Å²) in [5, 5.41) is 3.77. The molecule has 1 N–H and O–H groups in total. The molecule has 9 heteroatoms. The van der Waals surface area contributed by atoms with Crippen molar-refractivity contribution in [2.75, 3.05) is 42.6 Å². The largest absolute Gasteiger partial charge is 0.494 e. The first-order chi connectivity index (χ1) is 18.8. The maximum Gasteiger partial charge on any atom is 0.416 e. The summed E-state index contributed by atoms with van der Waals surface area (Å²) in [5.74, 6) is 1.18. The summed E-state index contributed by atoms with van der Waals surface area (Å²) in [6.45, 7) is 4.95. The highest BCUT2D eigenvalue weighted by molar-refractivity contribution is 6.07. The fraction of sp³-hybridized carbons (Fsp3) is 0.267. The highest BCUT2D eigenvalue weighted by Crippen LogP contribution is 2.32. The monoisotopic (exact) mass is 534 g/mol. The summed E-state index contributed by atoms with van der Waals surface area (Å²) in [4.78, 5) is 22.2. The van der Waals surface area contributed by atoms with Crippen molar-refractivity contribution in [2.45, 2.75) is 19.6 Å². The van der Waals surface area contributed by atoms with Crippen LogP contribution >= 0.6 is 0 Å². The molecule has 5 rings (SSSR count). The zero-order valence-corrected chi connectivity index (χ0v) is 21.5. The highest BCUT2D eigenvalue weighted by Gasteiger charge is 2.31. The SMILES string of the molecule is CCOc1ccccc1CNC(=O)c1cc(N2CCN(c3cccc(C(F)(F)F)c3)CC2)nc2ccccc12. The molecule has 0 saturated carbocycles. The Hall–Kier alpha value is -4.27. The highest BCUT2D eigenvalue weighted by atomic mass is 19.4. The van der Waals surface area contributed by atoms with Crippen LogP contribution in [0.3, 0.4) is 0 Å². The molecule has 1 aliphatic rings. The van der Waals surface area contributed by atoms with Crippen LogP contribution < -0.4 is 19.9 Å². The molecule has 1 aliphatic heterocycles. The van der Waals surface area contributed by atoms with E-state index < -0.39 is 11.7 Å². The number of piperazine rings is 1. The number of aromatic nitrogens is 1. The first kappa shape index (κ1) is 26.3. The number of anilines is 2. The van der Waals surface area contributed by atoms with Crippen molar-refractivity contribution in [3.63, 3.8) is 0 Å². The van der Waals surface area contributed by atoms with E-state index in [0.29, 0.717) is 61.9 Å². The lowest BCUT2D eigenvalue weighted by Gasteiger charge is -2.37. The third kappa shape index (κ3) is 5.92. The number of ether oxygens (including phenoxy) is 1. The fourth-order valence-corrected chi connectivity index (χ4v) is 4.80. The molecule has 0 unspecified atom stereocenters. The van der Waals surface area contributed by atoms with E-state index in [0.717, 1.165) is 22.8 Å². The van der Waals surface area contributed by atoms with Crippen LogP contribution in [0.5, 0.6) is 5.75 Å². The van der Waals surface area contributed by atoms with E-state index in [9.17, 15) is 18.0 Å². The van der Waals surface area contributed by atoms with Gasteiger partial charge < -0.3 is 19.9 Å². The van der Waals surface area contributed by atoms with E-state index in [1.54, 1.807) is 12.1 Å². The molecule has 4 aromatic rings. The van der Waals surface area contributed by atoms with Crippen molar-refractivity contribution >= 4 is 28.3 Å². The first-order valence-electron chi connectivity index (χ1n) is 12.9. The van der Waals surface area contributed by atoms with Crippen LogP contribution in [0.1, 0.15) is 28.4 Å². The van der Waals surface area contributed by atoms with Crippen molar-refractivity contribution in [2.24, 2.45) is 0 Å². The summed E-state index contributed by atoms with van der Waals surface area (Å²) in [5.41, 5.74) is 2.00. The second kappa shape index (κ2) is 11.2. The lowest BCUT2D eigenvalue weighted by Crippen LogP contribution is -2.47. The zero-order chi connectivity index (χ0) is 27.4. The number of amides is 1. The van der Waals surface area contributed by atoms with Crippen molar-refractivity contribution in [3.05, 3.63) is 95.6 Å². The molecule has 0 atom stereocenters. The number of carbonyl (C=O) groups is 1. The summed E-state index contributed by atoms with van der Waals surface area (Å²) in [6, 6.07) is 22.3. The number of para-hydroxylation sites is 2. The topological polar surface area (TPSA) is 57.7 Å². The number of nitrogens with zero attached hydrogens (tertiary/aromatic N) is 3. The van der Waals surface area contributed by atoms with E-state index in [4.69, 9.17) is 9.72 Å². The van der Waals surface area contributed by atoms with E-state index in [-0.39, 0.29) is 5.91 Å². The van der Waals surface area contributed by atoms with Gasteiger partial charge in [0.2, 0.25) is 0 Å². The Morgan fingerprint density at radius 1 is 0.923 bits per heavy atom. The van der Waals surface area contributed by atoms with Crippen molar-refractivity contribution in [1.82, 2.24) is 10.3 Å². The van der Waals surface area contributed by atoms with Crippen LogP contribution in [-0.4, -0.2) is 43.7 Å². The third-order valence-corrected chi connectivity index (χ3v) is 6.80. The maximum atomic E-state index is 13.4. The average molecular weight is 535 g/mol. The van der Waals surface area contributed by atoms with Crippen molar-refractivity contribution in [3.8, 4) is 5.75 Å². The number of hydrogen-bond donors (Lipinski definition) is 1. The van der Waals surface area contributed by atoms with Gasteiger partial charge in [-0.2, -0.15) is 13.2 Å². The number of alkyl halides is 3. The van der Waals surface area contributed by atoms with Gasteiger partial charge in [0.05, 0.1) is 23.3 Å². The van der Waals surface area contributed by atoms with Gasteiger partial charge in [-0.25, -0.2) is 4.98 Å². The molecule has 0 spiro atoms. The number of hydrogen-bond acceptors (Lipinski definition) is 5. The number of halogens is 3. The number of pyridine rings is 1. The van der Waals surface area contributed by atoms with Gasteiger partial charge in [-0.15, -0.1) is 0 Å². The molecule has 1 amide bonds. The standard InChI is InChI=1S/C30H29F3N4O2/c1-2-39-27-13-6-3-8-21(27)20-34-29(38)25-19-28(35-26-12-5-4-11-24(25)26)37-16-14-36(15-17-37)23-10-7-9-22(18-23)30(31,32)33/h3-13,18-19H,2,14-17,20H2,1H3,(H,34,38). The Balaban J connectivity index is 1.34. The van der Waals surface area contributed by atoms with Crippen LogP contribution in [0.25, 0.3) is 10.9 Å². The number of fused-ring (bicyclic) bond motifs is 1. The van der Waals surface area contributed by atoms with Crippen LogP contribution in [0, 0.1) is 0 Å². The number of benzene rings is 3. The number of rotatable bonds is 7. The van der Waals surface area contributed by atoms with Gasteiger partial charge in [0.25, 0.3) is 5.91 Å². The van der Waals surface area contributed by atoms with Crippen LogP contribution in [0.4, 0.5) is 24.7 Å². The van der Waals surface area contributed by atoms with Crippen molar-refractivity contribution in [1.29, 1.82) is 0 Å². The zero-order valence-electron chi connectivity index (χ0n) is 21.5. The van der Waals surface area contributed by atoms with E-state index in [1.807, 2.05) is 60.4 Å². The van der Waals surface area contributed by atoms with E-state index in [1.165, 1.54) is 12.1 Å². The fourth-order valence-electron chi connectivity index (χ4n) is 4.80. The summed E-state index contributed by atoms with van der Waals surface area (Å²) < 4.78 is 45.2. The Kier molecular flexibility index (Phi) is 7.58. The van der Waals surface area contributed by atoms with Crippen LogP contribution in [-0.2, 0) is 12.7 Å². The molecule has 1 aromatic heterocycles. The summed E-state index contributed by atoms with van der Waals surface area (Å²) in [6.07, 6.45) is -4.38. The maximum absolute atomic E-state index is 13.4. The molecular formula is C30H29F3N4O2. The van der Waals surface area contributed by atoms with E-state index >= 15 is 0 Å². The van der Waals surface area contributed by atoms with E-state index in [2.05, 4.69) is 10.2 Å². The molecule has 39 heavy (non-hydrogen) atoms. The molecular weight excluding hydrogens is 505 g/mol. The molecule has 202 valence electrons. The first-order valence-corrected chi connectivity index (χ1v) is 12.9. The summed E-state index contributed by atoms with van der Waals surface area (Å²) in [7, 11) is 0. The molecule has 0 radical (unpaired) electrons. The molecule has 6 nitrogen and oxygen atoms in total. The normalized spacial score (nSPS) is 13.9. The number of carbonyl (C=O) groups excluding carboxylic acids is 1. The van der Waals surface area contributed by atoms with Crippen molar-refractivity contribution < 1.29 is 22.7 Å². The molecule has 0 bridgehead atoms. The van der Waals surface area contributed by atoms with Gasteiger partial charge in [0, 0.05) is 49.4 Å². The molecule has 0 aliphatic carbocycles. The minimum absolute atomic E-state index is 0.219. The second-order valence-corrected chi connectivity index (χ2v) is 9.29. The third-order valence-electron chi connectivity index (χ3n) is 6.80. The average Bonchev–Trinajstić information content (AvgIpc) is 2.96. The van der Waals surface area contributed by atoms with Gasteiger partial charge in [0.1, 0.15) is 11.6 Å². The second-order valence-electron chi connectivity index (χ2n) is 9.29. The smallest absolute Gasteiger partial charge is 0.416 e. The predicted molar refractivity (Wildman–Crippen MR) is 146 cm³/mol. The Labute approximate surface area is 225 Å². The molecule has 1 fully saturated rings. The van der Waals surface area contributed by atoms with Crippen LogP contribution in [0.15, 0.2) is 78.9 Å². The quantitative estimate of drug-likeness (QED) is 0.320. The Morgan fingerprint density at radius 3 is 2.41 bits per heavy atom. The molecule has 3 aromatic carbocycles. The van der Waals surface area contributed by atoms with Gasteiger partial charge in [-0.05, 0) is 43.3 Å². The molecule has 2 heterocycles. The minimum Gasteiger partial charge on any atom is -0.494 e. The van der Waals surface area contributed by atoms with Gasteiger partial charge in [-0.1, -0.05) is 42.5 Å². The van der Waals surface area contributed by atoms with Gasteiger partial charge >= 0.3 is 6.18 Å².